The average molecular weight is 383 g/mol. The van der Waals surface area contributed by atoms with Crippen molar-refractivity contribution >= 4 is 5.78 Å². The van der Waals surface area contributed by atoms with Crippen molar-refractivity contribution < 1.29 is 4.79 Å². The van der Waals surface area contributed by atoms with Crippen LogP contribution in [-0.4, -0.2) is 5.78 Å². The zero-order chi connectivity index (χ0) is 20.1. The zero-order valence-electron chi connectivity index (χ0n) is 19.0. The van der Waals surface area contributed by atoms with Crippen LogP contribution in [0.15, 0.2) is 23.8 Å². The van der Waals surface area contributed by atoms with Crippen molar-refractivity contribution in [1.82, 2.24) is 0 Å². The highest BCUT2D eigenvalue weighted by Gasteiger charge is 2.60. The number of hydrogen-bond acceptors (Lipinski definition) is 1. The number of carbonyl (C=O) groups excluding carboxylic acids is 1. The minimum absolute atomic E-state index is 0.246. The first kappa shape index (κ1) is 20.4. The summed E-state index contributed by atoms with van der Waals surface area (Å²) in [5.41, 5.74) is 1.97. The van der Waals surface area contributed by atoms with Crippen molar-refractivity contribution in [3.05, 3.63) is 23.8 Å². The largest absolute Gasteiger partial charge is 0.295 e. The molecule has 0 heterocycles. The predicted molar refractivity (Wildman–Crippen MR) is 118 cm³/mol. The quantitative estimate of drug-likeness (QED) is 0.485. The molecule has 0 aromatic heterocycles. The molecular weight excluding hydrogens is 340 g/mol. The molecule has 2 fully saturated rings. The van der Waals surface area contributed by atoms with Gasteiger partial charge in [-0.3, -0.25) is 4.79 Å². The zero-order valence-corrected chi connectivity index (χ0v) is 19.0. The van der Waals surface area contributed by atoms with E-state index in [1.807, 2.05) is 0 Å². The van der Waals surface area contributed by atoms with Crippen molar-refractivity contribution in [2.45, 2.75) is 92.4 Å². The van der Waals surface area contributed by atoms with E-state index in [-0.39, 0.29) is 5.41 Å². The molecule has 0 spiro atoms. The third kappa shape index (κ3) is 3.16. The summed E-state index contributed by atoms with van der Waals surface area (Å²) in [6, 6.07) is 0. The van der Waals surface area contributed by atoms with Gasteiger partial charge in [-0.05, 0) is 90.6 Å². The average Bonchev–Trinajstić information content (AvgIpc) is 2.99. The highest BCUT2D eigenvalue weighted by molar-refractivity contribution is 5.95. The number of hydrogen-bond donors (Lipinski definition) is 0. The van der Waals surface area contributed by atoms with E-state index in [1.54, 1.807) is 0 Å². The molecule has 4 rings (SSSR count). The lowest BCUT2D eigenvalue weighted by Gasteiger charge is -2.56. The Morgan fingerprint density at radius 2 is 1.82 bits per heavy atom. The van der Waals surface area contributed by atoms with E-state index in [4.69, 9.17) is 0 Å². The lowest BCUT2D eigenvalue weighted by atomic mass is 9.47. The molecule has 7 atom stereocenters. The summed E-state index contributed by atoms with van der Waals surface area (Å²) in [7, 11) is 0. The van der Waals surface area contributed by atoms with Crippen molar-refractivity contribution in [3.63, 3.8) is 0 Å². The predicted octanol–water partition coefficient (Wildman–Crippen LogP) is 7.37. The van der Waals surface area contributed by atoms with Crippen LogP contribution in [0.2, 0.25) is 0 Å². The topological polar surface area (TPSA) is 17.1 Å². The van der Waals surface area contributed by atoms with Crippen LogP contribution >= 0.6 is 0 Å². The van der Waals surface area contributed by atoms with E-state index in [0.29, 0.717) is 29.0 Å². The Morgan fingerprint density at radius 3 is 2.57 bits per heavy atom. The molecule has 0 amide bonds. The molecule has 1 heteroatoms. The van der Waals surface area contributed by atoms with Crippen molar-refractivity contribution in [2.75, 3.05) is 0 Å². The maximum Gasteiger partial charge on any atom is 0.159 e. The first-order valence-electron chi connectivity index (χ1n) is 12.2. The molecule has 156 valence electrons. The molecule has 0 saturated heterocycles. The Hall–Kier alpha value is -0.850. The molecule has 0 bridgehead atoms. The molecule has 4 unspecified atom stereocenters. The number of ketones is 1. The third-order valence-electron chi connectivity index (χ3n) is 9.70. The number of allylic oxidation sites excluding steroid dienone is 4. The Kier molecular flexibility index (Phi) is 5.43. The van der Waals surface area contributed by atoms with E-state index in [1.165, 1.54) is 63.4 Å². The van der Waals surface area contributed by atoms with Crippen molar-refractivity contribution in [1.29, 1.82) is 0 Å². The summed E-state index contributed by atoms with van der Waals surface area (Å²) in [4.78, 5) is 13.3. The van der Waals surface area contributed by atoms with Crippen LogP contribution in [0.1, 0.15) is 92.4 Å². The fourth-order valence-electron chi connectivity index (χ4n) is 8.07. The van der Waals surface area contributed by atoms with Crippen LogP contribution in [0.3, 0.4) is 0 Å². The number of rotatable bonds is 5. The van der Waals surface area contributed by atoms with E-state index in [9.17, 15) is 4.79 Å². The molecular formula is C27H42O. The van der Waals surface area contributed by atoms with E-state index < -0.39 is 0 Å². The second-order valence-corrected chi connectivity index (χ2v) is 11.6. The van der Waals surface area contributed by atoms with Gasteiger partial charge in [-0.25, -0.2) is 0 Å². The van der Waals surface area contributed by atoms with Gasteiger partial charge in [0.2, 0.25) is 0 Å². The van der Waals surface area contributed by atoms with Gasteiger partial charge < -0.3 is 0 Å². The second kappa shape index (κ2) is 7.44. The Bertz CT molecular complexity index is 670. The van der Waals surface area contributed by atoms with Crippen LogP contribution < -0.4 is 0 Å². The molecule has 0 aromatic carbocycles. The minimum atomic E-state index is 0.246. The molecule has 0 N–H and O–H groups in total. The highest BCUT2D eigenvalue weighted by atomic mass is 16.1. The first-order chi connectivity index (χ1) is 13.3. The van der Waals surface area contributed by atoms with Gasteiger partial charge in [-0.2, -0.15) is 0 Å². The summed E-state index contributed by atoms with van der Waals surface area (Å²) in [6.07, 6.45) is 18.4. The summed E-state index contributed by atoms with van der Waals surface area (Å²) in [5, 5.41) is 0. The van der Waals surface area contributed by atoms with Gasteiger partial charge in [0.05, 0.1) is 0 Å². The number of carbonyl (C=O) groups is 1. The summed E-state index contributed by atoms with van der Waals surface area (Å²) >= 11 is 0. The summed E-state index contributed by atoms with van der Waals surface area (Å²) in [6.45, 7) is 12.2. The Balaban J connectivity index is 1.55. The fourth-order valence-corrected chi connectivity index (χ4v) is 8.07. The van der Waals surface area contributed by atoms with Gasteiger partial charge in [0, 0.05) is 5.92 Å². The SMILES string of the molecule is CC(C)CCC[C@H](C)C1CCC2C3C(=O)C=C4C=CCC[C@]4(C)C3CC[C@@]21C. The number of fused-ring (bicyclic) bond motifs is 5. The Morgan fingerprint density at radius 1 is 1.04 bits per heavy atom. The molecule has 28 heavy (non-hydrogen) atoms. The van der Waals surface area contributed by atoms with E-state index in [0.717, 1.165) is 17.8 Å². The van der Waals surface area contributed by atoms with Gasteiger partial charge in [0.25, 0.3) is 0 Å². The lowest BCUT2D eigenvalue weighted by Crippen LogP contribution is -2.52. The molecule has 2 saturated carbocycles. The molecule has 0 radical (unpaired) electrons. The standard InChI is InChI=1S/C27H42O/c1-18(2)9-8-10-19(3)21-12-13-22-25-23(14-16-27(21,22)5)26(4)15-7-6-11-20(26)17-24(25)28/h6,11,17-19,21-23,25H,7-10,12-16H2,1-5H3/t19-,21?,22?,23?,25?,26-,27+/m0/s1. The molecule has 0 aromatic rings. The Labute approximate surface area is 173 Å². The van der Waals surface area contributed by atoms with Crippen LogP contribution in [-0.2, 0) is 4.79 Å². The normalized spacial score (nSPS) is 43.4. The van der Waals surface area contributed by atoms with E-state index >= 15 is 0 Å². The van der Waals surface area contributed by atoms with Crippen molar-refractivity contribution in [3.8, 4) is 0 Å². The van der Waals surface area contributed by atoms with Crippen molar-refractivity contribution in [2.24, 2.45) is 46.3 Å². The molecule has 1 nitrogen and oxygen atoms in total. The molecule has 4 aliphatic rings. The second-order valence-electron chi connectivity index (χ2n) is 11.6. The third-order valence-corrected chi connectivity index (χ3v) is 9.70. The highest BCUT2D eigenvalue weighted by Crippen LogP contribution is 2.66. The first-order valence-corrected chi connectivity index (χ1v) is 12.2. The van der Waals surface area contributed by atoms with Crippen LogP contribution in [0.5, 0.6) is 0 Å². The van der Waals surface area contributed by atoms with Gasteiger partial charge in [-0.15, -0.1) is 0 Å². The maximum absolute atomic E-state index is 13.3. The smallest absolute Gasteiger partial charge is 0.159 e. The van der Waals surface area contributed by atoms with Gasteiger partial charge in [0.15, 0.2) is 5.78 Å². The minimum Gasteiger partial charge on any atom is -0.295 e. The fraction of sp³-hybridized carbons (Fsp3) is 0.815. The van der Waals surface area contributed by atoms with Gasteiger partial charge >= 0.3 is 0 Å². The lowest BCUT2D eigenvalue weighted by molar-refractivity contribution is -0.133. The summed E-state index contributed by atoms with van der Waals surface area (Å²) in [5.74, 6) is 4.42. The van der Waals surface area contributed by atoms with Crippen LogP contribution in [0, 0.1) is 46.3 Å². The monoisotopic (exact) mass is 382 g/mol. The summed E-state index contributed by atoms with van der Waals surface area (Å²) < 4.78 is 0. The van der Waals surface area contributed by atoms with Gasteiger partial charge in [-0.1, -0.05) is 66.0 Å². The van der Waals surface area contributed by atoms with E-state index in [2.05, 4.69) is 52.8 Å². The molecule has 4 aliphatic carbocycles. The van der Waals surface area contributed by atoms with Gasteiger partial charge in [0.1, 0.15) is 0 Å². The molecule has 0 aliphatic heterocycles. The van der Waals surface area contributed by atoms with Crippen LogP contribution in [0.25, 0.3) is 0 Å². The van der Waals surface area contributed by atoms with Crippen LogP contribution in [0.4, 0.5) is 0 Å². The maximum atomic E-state index is 13.3.